The molecule has 5 heterocycles. The van der Waals surface area contributed by atoms with Crippen molar-refractivity contribution in [1.29, 1.82) is 0 Å². The molecule has 7 nitrogen and oxygen atoms in total. The molecule has 8 heteroatoms. The predicted octanol–water partition coefficient (Wildman–Crippen LogP) is 3.88. The lowest BCUT2D eigenvalue weighted by atomic mass is 9.80. The van der Waals surface area contributed by atoms with Crippen LogP contribution < -0.4 is 5.32 Å². The van der Waals surface area contributed by atoms with Gasteiger partial charge in [-0.1, -0.05) is 25.1 Å². The molecule has 168 valence electrons. The Labute approximate surface area is 195 Å². The molecule has 0 saturated carbocycles. The third kappa shape index (κ3) is 3.24. The number of carbonyl (C=O) groups is 2. The topological polar surface area (TPSA) is 83.0 Å². The fourth-order valence-corrected chi connectivity index (χ4v) is 5.88. The van der Waals surface area contributed by atoms with Crippen molar-refractivity contribution in [3.8, 4) is 0 Å². The van der Waals surface area contributed by atoms with E-state index in [1.807, 2.05) is 46.6 Å². The van der Waals surface area contributed by atoms with E-state index in [1.165, 1.54) is 0 Å². The van der Waals surface area contributed by atoms with Gasteiger partial charge in [0, 0.05) is 29.1 Å². The molecule has 1 aromatic carbocycles. The predicted molar refractivity (Wildman–Crippen MR) is 131 cm³/mol. The summed E-state index contributed by atoms with van der Waals surface area (Å²) in [6.45, 7) is 5.23. The zero-order chi connectivity index (χ0) is 22.7. The number of H-pyrrole nitrogens is 1. The Kier molecular flexibility index (Phi) is 4.57. The van der Waals surface area contributed by atoms with Crippen molar-refractivity contribution in [2.45, 2.75) is 26.3 Å². The van der Waals surface area contributed by atoms with E-state index in [2.05, 4.69) is 29.2 Å². The van der Waals surface area contributed by atoms with Gasteiger partial charge < -0.3 is 9.88 Å². The number of carbonyl (C=O) groups excluding carboxylic acids is 2. The van der Waals surface area contributed by atoms with Gasteiger partial charge in [0.15, 0.2) is 0 Å². The standard InChI is InChI=1S/C25H25N5O2S/c1-25(8-10-29(2)11-9-25)14-30-18-6-4-3-5-16(18)21(28-30)20-19(22(31)27-23(20)32)17-13-26-24-15(17)7-12-33-24/h3-7,12-13,26H,8-11,14H2,1-2H3,(H,27,31,32). The third-order valence-electron chi connectivity index (χ3n) is 7.12. The minimum absolute atomic E-state index is 0.132. The second-order valence-corrected chi connectivity index (χ2v) is 10.5. The Balaban J connectivity index is 1.52. The molecule has 2 aliphatic rings. The van der Waals surface area contributed by atoms with E-state index in [1.54, 1.807) is 11.3 Å². The molecule has 2 aliphatic heterocycles. The maximum Gasteiger partial charge on any atom is 0.261 e. The summed E-state index contributed by atoms with van der Waals surface area (Å²) < 4.78 is 2.04. The number of piperidine rings is 1. The highest BCUT2D eigenvalue weighted by atomic mass is 32.1. The SMILES string of the molecule is CN1CCC(C)(Cn2nc(C3=C(c4c[nH]c5sccc45)C(=O)NC3=O)c3ccccc32)CC1. The summed E-state index contributed by atoms with van der Waals surface area (Å²) in [4.78, 5) is 32.6. The van der Waals surface area contributed by atoms with E-state index in [0.717, 1.165) is 59.2 Å². The van der Waals surface area contributed by atoms with Crippen LogP contribution in [0.4, 0.5) is 0 Å². The molecule has 0 aliphatic carbocycles. The summed E-state index contributed by atoms with van der Waals surface area (Å²) in [7, 11) is 2.16. The maximum atomic E-state index is 13.1. The number of aromatic nitrogens is 3. The number of hydrogen-bond donors (Lipinski definition) is 2. The number of rotatable bonds is 4. The molecule has 0 bridgehead atoms. The molecule has 4 aromatic rings. The number of nitrogens with one attached hydrogen (secondary N) is 2. The number of thiophene rings is 1. The summed E-state index contributed by atoms with van der Waals surface area (Å²) in [5, 5.41) is 11.3. The fraction of sp³-hybridized carbons (Fsp3) is 0.320. The Morgan fingerprint density at radius 1 is 1.06 bits per heavy atom. The molecule has 6 rings (SSSR count). The van der Waals surface area contributed by atoms with Gasteiger partial charge in [-0.15, -0.1) is 11.3 Å². The maximum absolute atomic E-state index is 13.1. The number of amides is 2. The van der Waals surface area contributed by atoms with Gasteiger partial charge in [0.25, 0.3) is 11.8 Å². The zero-order valence-corrected chi connectivity index (χ0v) is 19.5. The lowest BCUT2D eigenvalue weighted by molar-refractivity contribution is -0.122. The van der Waals surface area contributed by atoms with Crippen molar-refractivity contribution >= 4 is 55.4 Å². The van der Waals surface area contributed by atoms with Gasteiger partial charge in [0.2, 0.25) is 0 Å². The van der Waals surface area contributed by atoms with Crippen LogP contribution >= 0.6 is 11.3 Å². The number of benzene rings is 1. The minimum atomic E-state index is -0.388. The molecule has 2 amide bonds. The van der Waals surface area contributed by atoms with E-state index in [-0.39, 0.29) is 17.2 Å². The van der Waals surface area contributed by atoms with Crippen LogP contribution in [-0.2, 0) is 16.1 Å². The largest absolute Gasteiger partial charge is 0.352 e. The molecule has 2 N–H and O–H groups in total. The van der Waals surface area contributed by atoms with Gasteiger partial charge in [-0.05, 0) is 55.9 Å². The van der Waals surface area contributed by atoms with Crippen LogP contribution in [0.3, 0.4) is 0 Å². The lowest BCUT2D eigenvalue weighted by Gasteiger charge is -2.37. The average Bonchev–Trinajstić information content (AvgIpc) is 3.54. The highest BCUT2D eigenvalue weighted by Gasteiger charge is 2.37. The molecular weight excluding hydrogens is 434 g/mol. The summed E-state index contributed by atoms with van der Waals surface area (Å²) in [6.07, 6.45) is 4.01. The number of fused-ring (bicyclic) bond motifs is 2. The van der Waals surface area contributed by atoms with E-state index in [0.29, 0.717) is 16.8 Å². The van der Waals surface area contributed by atoms with Gasteiger partial charge in [0.05, 0.1) is 16.7 Å². The highest BCUT2D eigenvalue weighted by molar-refractivity contribution is 7.16. The summed E-state index contributed by atoms with van der Waals surface area (Å²) in [5.41, 5.74) is 3.19. The zero-order valence-electron chi connectivity index (χ0n) is 18.6. The van der Waals surface area contributed by atoms with Crippen LogP contribution in [0.15, 0.2) is 41.9 Å². The van der Waals surface area contributed by atoms with Gasteiger partial charge in [-0.2, -0.15) is 5.10 Å². The van der Waals surface area contributed by atoms with Crippen LogP contribution in [0.5, 0.6) is 0 Å². The molecule has 0 spiro atoms. The van der Waals surface area contributed by atoms with Crippen LogP contribution in [0, 0.1) is 5.41 Å². The average molecular weight is 460 g/mol. The summed E-state index contributed by atoms with van der Waals surface area (Å²) in [5.74, 6) is -0.761. The highest BCUT2D eigenvalue weighted by Crippen LogP contribution is 2.39. The molecular formula is C25H25N5O2S. The molecule has 0 unspecified atom stereocenters. The van der Waals surface area contributed by atoms with Crippen LogP contribution in [0.2, 0.25) is 0 Å². The van der Waals surface area contributed by atoms with Gasteiger partial charge in [-0.3, -0.25) is 19.6 Å². The first-order chi connectivity index (χ1) is 15.9. The van der Waals surface area contributed by atoms with E-state index in [4.69, 9.17) is 5.10 Å². The van der Waals surface area contributed by atoms with E-state index in [9.17, 15) is 9.59 Å². The number of imide groups is 1. The number of likely N-dealkylation sites (tertiary alicyclic amines) is 1. The number of nitrogens with zero attached hydrogens (tertiary/aromatic N) is 3. The van der Waals surface area contributed by atoms with Gasteiger partial charge >= 0.3 is 0 Å². The fourth-order valence-electron chi connectivity index (χ4n) is 5.10. The lowest BCUT2D eigenvalue weighted by Crippen LogP contribution is -2.38. The molecule has 3 aromatic heterocycles. The van der Waals surface area contributed by atoms with E-state index < -0.39 is 0 Å². The summed E-state index contributed by atoms with van der Waals surface area (Å²) in [6, 6.07) is 9.97. The van der Waals surface area contributed by atoms with Crippen molar-refractivity contribution in [3.63, 3.8) is 0 Å². The molecule has 0 radical (unpaired) electrons. The Hall–Kier alpha value is -3.23. The van der Waals surface area contributed by atoms with Gasteiger partial charge in [0.1, 0.15) is 10.5 Å². The van der Waals surface area contributed by atoms with E-state index >= 15 is 0 Å². The second-order valence-electron chi connectivity index (χ2n) is 9.54. The Morgan fingerprint density at radius 2 is 1.82 bits per heavy atom. The first-order valence-corrected chi connectivity index (χ1v) is 12.1. The minimum Gasteiger partial charge on any atom is -0.352 e. The van der Waals surface area contributed by atoms with Crippen molar-refractivity contribution in [3.05, 3.63) is 53.2 Å². The van der Waals surface area contributed by atoms with Crippen LogP contribution in [0.25, 0.3) is 32.3 Å². The quantitative estimate of drug-likeness (QED) is 0.454. The van der Waals surface area contributed by atoms with Crippen LogP contribution in [0.1, 0.15) is 31.0 Å². The van der Waals surface area contributed by atoms with Crippen molar-refractivity contribution in [2.24, 2.45) is 5.41 Å². The smallest absolute Gasteiger partial charge is 0.261 e. The van der Waals surface area contributed by atoms with Crippen molar-refractivity contribution in [2.75, 3.05) is 20.1 Å². The Bertz CT molecular complexity index is 1450. The number of hydrogen-bond acceptors (Lipinski definition) is 5. The monoisotopic (exact) mass is 459 g/mol. The first kappa shape index (κ1) is 20.4. The molecule has 1 saturated heterocycles. The third-order valence-corrected chi connectivity index (χ3v) is 7.97. The van der Waals surface area contributed by atoms with Crippen molar-refractivity contribution < 1.29 is 9.59 Å². The Morgan fingerprint density at radius 3 is 2.64 bits per heavy atom. The van der Waals surface area contributed by atoms with Gasteiger partial charge in [-0.25, -0.2) is 0 Å². The molecule has 1 fully saturated rings. The molecule has 0 atom stereocenters. The number of aromatic amines is 1. The first-order valence-electron chi connectivity index (χ1n) is 11.2. The normalized spacial score (nSPS) is 19.2. The second kappa shape index (κ2) is 7.40. The number of para-hydroxylation sites is 1. The molecule has 33 heavy (non-hydrogen) atoms. The van der Waals surface area contributed by atoms with Crippen LogP contribution in [-0.4, -0.2) is 51.6 Å². The summed E-state index contributed by atoms with van der Waals surface area (Å²) >= 11 is 1.57. The van der Waals surface area contributed by atoms with Crippen molar-refractivity contribution in [1.82, 2.24) is 25.0 Å².